The Morgan fingerprint density at radius 3 is 2.09 bits per heavy atom. The second-order valence-electron chi connectivity index (χ2n) is 19.9. The maximum Gasteiger partial charge on any atom is 0.318 e. The van der Waals surface area contributed by atoms with Crippen molar-refractivity contribution in [2.24, 2.45) is 10.8 Å². The number of piperazine rings is 1. The van der Waals surface area contributed by atoms with Gasteiger partial charge in [0.15, 0.2) is 13.5 Å². The zero-order valence-corrected chi connectivity index (χ0v) is 39.3. The highest BCUT2D eigenvalue weighted by atomic mass is 16.5. The predicted molar refractivity (Wildman–Crippen MR) is 256 cm³/mol. The van der Waals surface area contributed by atoms with Crippen LogP contribution in [0.2, 0.25) is 0 Å². The number of pyridine rings is 1. The number of piperidine rings is 2. The molecule has 3 amide bonds. The lowest BCUT2D eigenvalue weighted by molar-refractivity contribution is -0.155. The number of hydrogen-bond donors (Lipinski definition) is 1. The highest BCUT2D eigenvalue weighted by Crippen LogP contribution is 2.51. The van der Waals surface area contributed by atoms with E-state index in [4.69, 9.17) is 14.6 Å². The number of carbonyl (C=O) groups excluding carboxylic acids is 4. The third-order valence-corrected chi connectivity index (χ3v) is 15.3. The van der Waals surface area contributed by atoms with Gasteiger partial charge in [0, 0.05) is 68.9 Å². The number of carbonyl (C=O) groups is 4. The summed E-state index contributed by atoms with van der Waals surface area (Å²) in [6.07, 6.45) is 13.3. The fourth-order valence-corrected chi connectivity index (χ4v) is 10.7. The van der Waals surface area contributed by atoms with Gasteiger partial charge >= 0.3 is 18.0 Å². The molecular weight excluding hydrogens is 849 g/mol. The molecular formula is C52H66N8O7. The molecule has 356 valence electrons. The minimum Gasteiger partial charge on any atom is -0.443 e. The fraction of sp³-hybridized carbons (Fsp3) is 0.538. The van der Waals surface area contributed by atoms with Gasteiger partial charge in [0.05, 0.1) is 21.9 Å². The Kier molecular flexibility index (Phi) is 13.4. The third-order valence-electron chi connectivity index (χ3n) is 15.3. The van der Waals surface area contributed by atoms with Crippen LogP contribution < -0.4 is 10.9 Å². The van der Waals surface area contributed by atoms with Crippen molar-refractivity contribution in [2.45, 2.75) is 109 Å². The van der Waals surface area contributed by atoms with E-state index in [0.717, 1.165) is 92.1 Å². The van der Waals surface area contributed by atoms with E-state index in [1.54, 1.807) is 26.3 Å². The minimum atomic E-state index is -0.816. The molecule has 1 unspecified atom stereocenters. The van der Waals surface area contributed by atoms with Crippen molar-refractivity contribution in [2.75, 3.05) is 59.4 Å². The summed E-state index contributed by atoms with van der Waals surface area (Å²) in [7, 11) is 2.17. The Hall–Kier alpha value is -5.80. The summed E-state index contributed by atoms with van der Waals surface area (Å²) in [5.41, 5.74) is 2.74. The highest BCUT2D eigenvalue weighted by molar-refractivity contribution is 5.88. The van der Waals surface area contributed by atoms with E-state index in [9.17, 15) is 24.0 Å². The molecule has 3 aliphatic heterocycles. The van der Waals surface area contributed by atoms with Crippen LogP contribution in [-0.4, -0.2) is 129 Å². The van der Waals surface area contributed by atoms with Crippen LogP contribution in [-0.2, 0) is 43.7 Å². The lowest BCUT2D eigenvalue weighted by Crippen LogP contribution is -2.59. The maximum absolute atomic E-state index is 14.6. The van der Waals surface area contributed by atoms with E-state index >= 15 is 0 Å². The number of esters is 2. The topological polar surface area (TPSA) is 152 Å². The van der Waals surface area contributed by atoms with Gasteiger partial charge < -0.3 is 29.5 Å². The molecule has 0 bridgehead atoms. The van der Waals surface area contributed by atoms with Crippen molar-refractivity contribution >= 4 is 45.7 Å². The Morgan fingerprint density at radius 2 is 1.45 bits per heavy atom. The normalized spacial score (nSPS) is 20.3. The first-order chi connectivity index (χ1) is 32.4. The monoisotopic (exact) mass is 915 g/mol. The highest BCUT2D eigenvalue weighted by Gasteiger charge is 2.51. The largest absolute Gasteiger partial charge is 0.443 e. The standard InChI is InChI=1S/C52H66N8O7/c1-5-15-51(17-18-51)48(63)66-34-59-33-40-30-37(29-36(3)45(40)54-59)31-43(47(62)57-27-25-56(26-28-57)41-13-21-55(4)22-14-41)53-50(65)58-23-11-38(12-24-58)42-32-39-9-7-8-10-44(39)60(46(42)61)35-67-49(64)52(16-6-2)19-20-52/h5-10,29-30,32-33,38,41,43H,1-2,11-28,31,34-35H2,3-4H3,(H,53,65). The average molecular weight is 915 g/mol. The summed E-state index contributed by atoms with van der Waals surface area (Å²) in [6, 6.07) is 13.0. The Morgan fingerprint density at radius 1 is 0.806 bits per heavy atom. The predicted octanol–water partition coefficient (Wildman–Crippen LogP) is 6.11. The van der Waals surface area contributed by atoms with E-state index in [1.807, 2.05) is 60.5 Å². The number of aromatic nitrogens is 3. The van der Waals surface area contributed by atoms with Crippen molar-refractivity contribution in [3.05, 3.63) is 101 Å². The summed E-state index contributed by atoms with van der Waals surface area (Å²) in [5, 5.41) is 9.63. The van der Waals surface area contributed by atoms with E-state index in [1.165, 1.54) is 0 Å². The van der Waals surface area contributed by atoms with Crippen LogP contribution >= 0.6 is 0 Å². The number of likely N-dealkylation sites (tertiary alicyclic amines) is 2. The van der Waals surface area contributed by atoms with Gasteiger partial charge in [-0.25, -0.2) is 9.48 Å². The van der Waals surface area contributed by atoms with Crippen LogP contribution in [0.3, 0.4) is 0 Å². The van der Waals surface area contributed by atoms with Crippen molar-refractivity contribution in [1.82, 2.24) is 39.3 Å². The molecule has 1 N–H and O–H groups in total. The molecule has 2 aromatic carbocycles. The first-order valence-electron chi connectivity index (χ1n) is 24.3. The molecule has 0 radical (unpaired) electrons. The fourth-order valence-electron chi connectivity index (χ4n) is 10.7. The van der Waals surface area contributed by atoms with Gasteiger partial charge in [0.2, 0.25) is 5.91 Å². The van der Waals surface area contributed by atoms with Crippen molar-refractivity contribution in [3.63, 3.8) is 0 Å². The quantitative estimate of drug-likeness (QED) is 0.103. The lowest BCUT2D eigenvalue weighted by Gasteiger charge is -2.43. The molecule has 9 rings (SSSR count). The number of amides is 3. The summed E-state index contributed by atoms with van der Waals surface area (Å²) in [6.45, 7) is 15.2. The van der Waals surface area contributed by atoms with Gasteiger partial charge in [0.1, 0.15) is 6.04 Å². The number of aryl methyl sites for hydroxylation is 1. The van der Waals surface area contributed by atoms with Gasteiger partial charge in [-0.2, -0.15) is 5.10 Å². The number of benzene rings is 2. The second kappa shape index (κ2) is 19.4. The van der Waals surface area contributed by atoms with E-state index in [2.05, 4.69) is 35.3 Å². The molecule has 15 nitrogen and oxygen atoms in total. The molecule has 4 aromatic rings. The van der Waals surface area contributed by atoms with Gasteiger partial charge in [-0.05, 0) is 132 Å². The number of ether oxygens (including phenoxy) is 2. The number of nitrogens with one attached hydrogen (secondary N) is 1. The van der Waals surface area contributed by atoms with Gasteiger partial charge in [0.25, 0.3) is 5.56 Å². The number of nitrogens with zero attached hydrogens (tertiary/aromatic N) is 7. The van der Waals surface area contributed by atoms with Crippen molar-refractivity contribution in [3.8, 4) is 0 Å². The van der Waals surface area contributed by atoms with Crippen LogP contribution in [0.5, 0.6) is 0 Å². The molecule has 2 aromatic heterocycles. The Bertz CT molecular complexity index is 2590. The first-order valence-corrected chi connectivity index (χ1v) is 24.3. The van der Waals surface area contributed by atoms with Crippen LogP contribution in [0.1, 0.15) is 86.8 Å². The smallest absolute Gasteiger partial charge is 0.318 e. The zero-order valence-electron chi connectivity index (χ0n) is 39.3. The molecule has 15 heteroatoms. The number of urea groups is 1. The van der Waals surface area contributed by atoms with Gasteiger partial charge in [-0.3, -0.25) is 28.6 Å². The second-order valence-corrected chi connectivity index (χ2v) is 19.9. The van der Waals surface area contributed by atoms with Crippen LogP contribution in [0, 0.1) is 17.8 Å². The third kappa shape index (κ3) is 9.94. The number of hydrogen-bond acceptors (Lipinski definition) is 10. The molecule has 2 aliphatic carbocycles. The first kappa shape index (κ1) is 46.3. The maximum atomic E-state index is 14.6. The minimum absolute atomic E-state index is 0.00197. The summed E-state index contributed by atoms with van der Waals surface area (Å²) in [4.78, 5) is 77.6. The number of para-hydroxylation sites is 1. The number of fused-ring (bicyclic) bond motifs is 2. The van der Waals surface area contributed by atoms with Gasteiger partial charge in [-0.1, -0.05) is 36.4 Å². The molecule has 5 fully saturated rings. The molecule has 0 spiro atoms. The van der Waals surface area contributed by atoms with E-state index in [0.29, 0.717) is 69.0 Å². The number of allylic oxidation sites excluding steroid dienone is 2. The summed E-state index contributed by atoms with van der Waals surface area (Å²) < 4.78 is 14.7. The lowest BCUT2D eigenvalue weighted by atomic mass is 9.89. The molecule has 1 atom stereocenters. The molecule has 5 aliphatic rings. The SMILES string of the molecule is C=CCC1(C(=O)OCn2cc3cc(CC(NC(=O)N4CCC(c5cc6ccccc6n(COC(=O)C6(CC=C)CC6)c5=O)CC4)C(=O)N4CCN(C5CCN(C)CC5)CC4)cc(C)c3n2)CC1. The average Bonchev–Trinajstić information content (AvgIpc) is 4.27. The van der Waals surface area contributed by atoms with Crippen LogP contribution in [0.25, 0.3) is 21.8 Å². The van der Waals surface area contributed by atoms with Crippen molar-refractivity contribution in [1.29, 1.82) is 0 Å². The molecule has 67 heavy (non-hydrogen) atoms. The van der Waals surface area contributed by atoms with Gasteiger partial charge in [-0.15, -0.1) is 13.2 Å². The molecule has 2 saturated carbocycles. The molecule has 5 heterocycles. The number of rotatable bonds is 16. The van der Waals surface area contributed by atoms with E-state index in [-0.39, 0.29) is 55.2 Å². The Labute approximate surface area is 392 Å². The van der Waals surface area contributed by atoms with E-state index < -0.39 is 16.9 Å². The van der Waals surface area contributed by atoms with Crippen LogP contribution in [0.4, 0.5) is 4.79 Å². The van der Waals surface area contributed by atoms with Crippen LogP contribution in [0.15, 0.2) is 78.8 Å². The molecule has 3 saturated heterocycles. The summed E-state index contributed by atoms with van der Waals surface area (Å²) in [5.74, 6) is -0.740. The Balaban J connectivity index is 0.887. The van der Waals surface area contributed by atoms with Crippen molar-refractivity contribution < 1.29 is 28.7 Å². The summed E-state index contributed by atoms with van der Waals surface area (Å²) >= 11 is 0. The zero-order chi connectivity index (χ0) is 46.9.